The summed E-state index contributed by atoms with van der Waals surface area (Å²) in [6, 6.07) is 2.53. The lowest BCUT2D eigenvalue weighted by Crippen LogP contribution is -2.44. The van der Waals surface area contributed by atoms with Crippen LogP contribution in [0.15, 0.2) is 15.6 Å². The lowest BCUT2D eigenvalue weighted by molar-refractivity contribution is 0.303. The van der Waals surface area contributed by atoms with Gasteiger partial charge in [0.2, 0.25) is 0 Å². The fourth-order valence-electron chi connectivity index (χ4n) is 2.88. The molecular formula is C16H28N4O. The molecule has 1 aromatic heterocycles. The summed E-state index contributed by atoms with van der Waals surface area (Å²) in [5.74, 6) is 2.62. The predicted molar refractivity (Wildman–Crippen MR) is 85.3 cm³/mol. The summed E-state index contributed by atoms with van der Waals surface area (Å²) in [5, 5.41) is 10.8. The van der Waals surface area contributed by atoms with Crippen molar-refractivity contribution in [3.05, 3.63) is 17.5 Å². The number of nitrogens with zero attached hydrogens (tertiary/aromatic N) is 2. The van der Waals surface area contributed by atoms with Gasteiger partial charge < -0.3 is 15.2 Å². The van der Waals surface area contributed by atoms with E-state index in [-0.39, 0.29) is 0 Å². The van der Waals surface area contributed by atoms with Crippen LogP contribution in [0.4, 0.5) is 0 Å². The fourth-order valence-corrected chi connectivity index (χ4v) is 2.88. The minimum atomic E-state index is 0.542. The van der Waals surface area contributed by atoms with Crippen molar-refractivity contribution in [1.82, 2.24) is 15.8 Å². The van der Waals surface area contributed by atoms with Gasteiger partial charge in [0.15, 0.2) is 11.7 Å². The molecule has 5 nitrogen and oxygen atoms in total. The van der Waals surface area contributed by atoms with Crippen molar-refractivity contribution in [2.45, 2.75) is 65.0 Å². The number of hydrogen-bond donors (Lipinski definition) is 2. The number of guanidine groups is 1. The Morgan fingerprint density at radius 1 is 1.33 bits per heavy atom. The molecule has 0 atom stereocenters. The average molecular weight is 292 g/mol. The molecule has 0 bridgehead atoms. The normalized spacial score (nSPS) is 23.1. The first-order valence-corrected chi connectivity index (χ1v) is 8.16. The highest BCUT2D eigenvalue weighted by atomic mass is 16.5. The van der Waals surface area contributed by atoms with E-state index >= 15 is 0 Å². The summed E-state index contributed by atoms with van der Waals surface area (Å²) in [7, 11) is 1.81. The zero-order valence-corrected chi connectivity index (χ0v) is 13.5. The molecule has 2 rings (SSSR count). The van der Waals surface area contributed by atoms with Crippen molar-refractivity contribution >= 4 is 5.96 Å². The molecule has 1 aliphatic carbocycles. The second kappa shape index (κ2) is 8.05. The van der Waals surface area contributed by atoms with Gasteiger partial charge in [-0.2, -0.15) is 0 Å². The number of rotatable bonds is 5. The highest BCUT2D eigenvalue weighted by Crippen LogP contribution is 2.26. The Kier molecular flexibility index (Phi) is 6.08. The minimum Gasteiger partial charge on any atom is -0.359 e. The van der Waals surface area contributed by atoms with Crippen LogP contribution in [-0.2, 0) is 13.0 Å². The smallest absolute Gasteiger partial charge is 0.191 e. The van der Waals surface area contributed by atoms with Gasteiger partial charge in [0, 0.05) is 19.2 Å². The van der Waals surface area contributed by atoms with Crippen molar-refractivity contribution in [3.63, 3.8) is 0 Å². The van der Waals surface area contributed by atoms with Gasteiger partial charge in [-0.3, -0.25) is 4.99 Å². The summed E-state index contributed by atoms with van der Waals surface area (Å²) in [6.07, 6.45) is 7.34. The van der Waals surface area contributed by atoms with E-state index in [1.54, 1.807) is 0 Å². The lowest BCUT2D eigenvalue weighted by Gasteiger charge is -2.29. The van der Waals surface area contributed by atoms with Crippen LogP contribution in [0.25, 0.3) is 0 Å². The number of aromatic nitrogens is 1. The van der Waals surface area contributed by atoms with Gasteiger partial charge in [0.05, 0.1) is 12.2 Å². The molecule has 21 heavy (non-hydrogen) atoms. The van der Waals surface area contributed by atoms with Crippen molar-refractivity contribution in [3.8, 4) is 0 Å². The Morgan fingerprint density at radius 2 is 2.10 bits per heavy atom. The van der Waals surface area contributed by atoms with Crippen LogP contribution in [0.3, 0.4) is 0 Å². The molecule has 0 amide bonds. The van der Waals surface area contributed by atoms with E-state index in [1.165, 1.54) is 32.1 Å². The molecule has 0 radical (unpaired) electrons. The van der Waals surface area contributed by atoms with E-state index in [1.807, 2.05) is 13.1 Å². The first-order chi connectivity index (χ1) is 10.2. The second-order valence-corrected chi connectivity index (χ2v) is 5.83. The molecular weight excluding hydrogens is 264 g/mol. The Labute approximate surface area is 127 Å². The molecule has 1 fully saturated rings. The molecule has 2 N–H and O–H groups in total. The van der Waals surface area contributed by atoms with E-state index in [4.69, 9.17) is 4.52 Å². The fraction of sp³-hybridized carbons (Fsp3) is 0.750. The summed E-state index contributed by atoms with van der Waals surface area (Å²) >= 11 is 0. The minimum absolute atomic E-state index is 0.542. The van der Waals surface area contributed by atoms with Crippen LogP contribution in [0, 0.1) is 5.92 Å². The van der Waals surface area contributed by atoms with Gasteiger partial charge in [-0.15, -0.1) is 0 Å². The van der Waals surface area contributed by atoms with E-state index < -0.39 is 0 Å². The van der Waals surface area contributed by atoms with Gasteiger partial charge in [0.25, 0.3) is 0 Å². The molecule has 1 heterocycles. The van der Waals surface area contributed by atoms with Crippen LogP contribution in [-0.4, -0.2) is 24.2 Å². The van der Waals surface area contributed by atoms with Crippen molar-refractivity contribution in [1.29, 1.82) is 0 Å². The highest BCUT2D eigenvalue weighted by Gasteiger charge is 2.20. The third-order valence-electron chi connectivity index (χ3n) is 4.39. The van der Waals surface area contributed by atoms with Crippen molar-refractivity contribution in [2.75, 3.05) is 7.05 Å². The number of nitrogens with one attached hydrogen (secondary N) is 2. The molecule has 0 unspecified atom stereocenters. The van der Waals surface area contributed by atoms with Gasteiger partial charge in [0.1, 0.15) is 0 Å². The first-order valence-electron chi connectivity index (χ1n) is 8.16. The maximum absolute atomic E-state index is 5.27. The van der Waals surface area contributed by atoms with Gasteiger partial charge in [-0.25, -0.2) is 0 Å². The van der Waals surface area contributed by atoms with Gasteiger partial charge >= 0.3 is 0 Å². The Bertz CT molecular complexity index is 447. The summed E-state index contributed by atoms with van der Waals surface area (Å²) in [5.41, 5.74) is 0.993. The monoisotopic (exact) mass is 292 g/mol. The molecule has 1 aromatic rings. The summed E-state index contributed by atoms with van der Waals surface area (Å²) in [6.45, 7) is 4.99. The SMILES string of the molecule is CCc1cc(CNC(=NC)NC2CCC(CC)CC2)on1. The maximum Gasteiger partial charge on any atom is 0.191 e. The second-order valence-electron chi connectivity index (χ2n) is 5.83. The Balaban J connectivity index is 1.76. The first kappa shape index (κ1) is 15.9. The zero-order chi connectivity index (χ0) is 15.1. The van der Waals surface area contributed by atoms with E-state index in [9.17, 15) is 0 Å². The van der Waals surface area contributed by atoms with Gasteiger partial charge in [-0.1, -0.05) is 25.4 Å². The number of hydrogen-bond acceptors (Lipinski definition) is 3. The predicted octanol–water partition coefficient (Wildman–Crippen LogP) is 2.87. The Morgan fingerprint density at radius 3 is 2.67 bits per heavy atom. The third kappa shape index (κ3) is 4.76. The Hall–Kier alpha value is -1.52. The molecule has 118 valence electrons. The van der Waals surface area contributed by atoms with E-state index in [0.717, 1.165) is 29.8 Å². The van der Waals surface area contributed by atoms with Crippen LogP contribution < -0.4 is 10.6 Å². The molecule has 0 spiro atoms. The topological polar surface area (TPSA) is 62.5 Å². The van der Waals surface area contributed by atoms with Crippen LogP contribution >= 0.6 is 0 Å². The van der Waals surface area contributed by atoms with Crippen molar-refractivity contribution in [2.24, 2.45) is 10.9 Å². The maximum atomic E-state index is 5.27. The molecule has 1 saturated carbocycles. The molecule has 0 aromatic carbocycles. The quantitative estimate of drug-likeness (QED) is 0.647. The van der Waals surface area contributed by atoms with Crippen LogP contribution in [0.5, 0.6) is 0 Å². The standard InChI is InChI=1S/C16H28N4O/c1-4-12-6-8-14(9-7-12)19-16(17-3)18-11-15-10-13(5-2)20-21-15/h10,12,14H,4-9,11H2,1-3H3,(H2,17,18,19). The highest BCUT2D eigenvalue weighted by molar-refractivity contribution is 5.79. The lowest BCUT2D eigenvalue weighted by atomic mass is 9.84. The van der Waals surface area contributed by atoms with Crippen LogP contribution in [0.1, 0.15) is 57.4 Å². The average Bonchev–Trinajstić information content (AvgIpc) is 3.00. The third-order valence-corrected chi connectivity index (χ3v) is 4.39. The summed E-state index contributed by atoms with van der Waals surface area (Å²) in [4.78, 5) is 4.30. The number of aryl methyl sites for hydroxylation is 1. The zero-order valence-electron chi connectivity index (χ0n) is 13.5. The van der Waals surface area contributed by atoms with E-state index in [2.05, 4.69) is 34.6 Å². The van der Waals surface area contributed by atoms with Crippen molar-refractivity contribution < 1.29 is 4.52 Å². The largest absolute Gasteiger partial charge is 0.359 e. The van der Waals surface area contributed by atoms with Gasteiger partial charge in [-0.05, 0) is 38.0 Å². The molecule has 1 aliphatic rings. The summed E-state index contributed by atoms with van der Waals surface area (Å²) < 4.78 is 5.27. The molecule has 5 heteroatoms. The van der Waals surface area contributed by atoms with E-state index in [0.29, 0.717) is 12.6 Å². The molecule has 0 aliphatic heterocycles. The van der Waals surface area contributed by atoms with Crippen LogP contribution in [0.2, 0.25) is 0 Å². The molecule has 0 saturated heterocycles. The number of aliphatic imine (C=N–C) groups is 1.